The molecule has 0 bridgehead atoms. The van der Waals surface area contributed by atoms with E-state index in [4.69, 9.17) is 11.6 Å². The molecule has 0 amide bonds. The Hall–Kier alpha value is -1.92. The summed E-state index contributed by atoms with van der Waals surface area (Å²) in [5.41, 5.74) is 2.69. The van der Waals surface area contributed by atoms with Crippen LogP contribution in [0.3, 0.4) is 0 Å². The van der Waals surface area contributed by atoms with E-state index in [2.05, 4.69) is 20.5 Å². The summed E-state index contributed by atoms with van der Waals surface area (Å²) in [6.07, 6.45) is 5.00. The average Bonchev–Trinajstić information content (AvgIpc) is 2.55. The number of aromatic hydroxyl groups is 1. The largest absolute Gasteiger partial charge is 0.506 e. The van der Waals surface area contributed by atoms with Gasteiger partial charge in [0.1, 0.15) is 17.1 Å². The Bertz CT molecular complexity index is 754. The van der Waals surface area contributed by atoms with Gasteiger partial charge in [0.15, 0.2) is 5.82 Å². The van der Waals surface area contributed by atoms with Gasteiger partial charge in [0.2, 0.25) is 0 Å². The van der Waals surface area contributed by atoms with E-state index >= 15 is 0 Å². The van der Waals surface area contributed by atoms with Crippen molar-refractivity contribution >= 4 is 17.4 Å². The van der Waals surface area contributed by atoms with Crippen molar-refractivity contribution in [2.45, 2.75) is 51.7 Å². The number of halogens is 1. The lowest BCUT2D eigenvalue weighted by atomic mass is 9.92. The molecule has 0 aromatic carbocycles. The summed E-state index contributed by atoms with van der Waals surface area (Å²) < 4.78 is 0. The molecule has 2 aromatic heterocycles. The van der Waals surface area contributed by atoms with Gasteiger partial charge in [0, 0.05) is 12.3 Å². The molecule has 3 N–H and O–H groups in total. The molecular formula is C17H21ClN4O2. The highest BCUT2D eigenvalue weighted by atomic mass is 35.5. The number of hydrogen-bond acceptors (Lipinski definition) is 6. The molecule has 2 unspecified atom stereocenters. The van der Waals surface area contributed by atoms with Gasteiger partial charge >= 0.3 is 0 Å². The van der Waals surface area contributed by atoms with Gasteiger partial charge < -0.3 is 15.5 Å². The van der Waals surface area contributed by atoms with Crippen molar-refractivity contribution < 1.29 is 10.2 Å². The highest BCUT2D eigenvalue weighted by Crippen LogP contribution is 2.32. The molecule has 0 saturated heterocycles. The van der Waals surface area contributed by atoms with Gasteiger partial charge in [-0.2, -0.15) is 0 Å². The number of hydrogen-bond donors (Lipinski definition) is 3. The summed E-state index contributed by atoms with van der Waals surface area (Å²) in [6.45, 7) is 3.86. The molecule has 1 aliphatic carbocycles. The standard InChI is InChI=1S/C17H21ClN4O2/c1-9-10(2)17(20-12-5-3-4-6-13(12)23)22-21-15(9)16-14(24)7-11(18)8-19-16/h7-8,12-13,23-24H,3-6H2,1-2H3,(H,20,22). The predicted octanol–water partition coefficient (Wildman–Crippen LogP) is 3.23. The number of nitrogens with zero attached hydrogens (tertiary/aromatic N) is 3. The zero-order valence-corrected chi connectivity index (χ0v) is 14.5. The van der Waals surface area contributed by atoms with Gasteiger partial charge in [-0.3, -0.25) is 0 Å². The summed E-state index contributed by atoms with van der Waals surface area (Å²) in [4.78, 5) is 4.16. The molecule has 128 valence electrons. The zero-order chi connectivity index (χ0) is 17.3. The molecule has 7 heteroatoms. The molecule has 3 rings (SSSR count). The summed E-state index contributed by atoms with van der Waals surface area (Å²) in [6, 6.07) is 1.43. The first-order chi connectivity index (χ1) is 11.5. The van der Waals surface area contributed by atoms with Gasteiger partial charge in [0.05, 0.1) is 17.2 Å². The predicted molar refractivity (Wildman–Crippen MR) is 93.3 cm³/mol. The fraction of sp³-hybridized carbons (Fsp3) is 0.471. The number of anilines is 1. The van der Waals surface area contributed by atoms with E-state index in [1.807, 2.05) is 13.8 Å². The molecule has 0 aliphatic heterocycles. The molecule has 2 aromatic rings. The third-order valence-corrected chi connectivity index (χ3v) is 4.84. The van der Waals surface area contributed by atoms with Crippen LogP contribution >= 0.6 is 11.6 Å². The molecule has 2 atom stereocenters. The second kappa shape index (κ2) is 6.91. The van der Waals surface area contributed by atoms with E-state index in [9.17, 15) is 10.2 Å². The van der Waals surface area contributed by atoms with Gasteiger partial charge in [-0.15, -0.1) is 10.2 Å². The zero-order valence-electron chi connectivity index (χ0n) is 13.8. The maximum absolute atomic E-state index is 10.1. The van der Waals surface area contributed by atoms with Crippen LogP contribution in [0.15, 0.2) is 12.3 Å². The number of nitrogens with one attached hydrogen (secondary N) is 1. The van der Waals surface area contributed by atoms with Crippen molar-refractivity contribution in [2.24, 2.45) is 0 Å². The molecule has 0 spiro atoms. The topological polar surface area (TPSA) is 91.2 Å². The Morgan fingerprint density at radius 1 is 1.12 bits per heavy atom. The first-order valence-corrected chi connectivity index (χ1v) is 8.48. The minimum Gasteiger partial charge on any atom is -0.506 e. The quantitative estimate of drug-likeness (QED) is 0.788. The van der Waals surface area contributed by atoms with Crippen molar-refractivity contribution in [3.63, 3.8) is 0 Å². The molecule has 24 heavy (non-hydrogen) atoms. The monoisotopic (exact) mass is 348 g/mol. The number of aliphatic hydroxyl groups excluding tert-OH is 1. The number of rotatable bonds is 3. The van der Waals surface area contributed by atoms with Crippen LogP contribution in [0.1, 0.15) is 36.8 Å². The molecule has 1 fully saturated rings. The third kappa shape index (κ3) is 3.30. The molecule has 0 radical (unpaired) electrons. The normalized spacial score (nSPS) is 20.8. The highest BCUT2D eigenvalue weighted by Gasteiger charge is 2.24. The van der Waals surface area contributed by atoms with E-state index < -0.39 is 0 Å². The summed E-state index contributed by atoms with van der Waals surface area (Å²) in [7, 11) is 0. The van der Waals surface area contributed by atoms with E-state index in [-0.39, 0.29) is 17.9 Å². The van der Waals surface area contributed by atoms with E-state index in [0.717, 1.165) is 36.8 Å². The minimum atomic E-state index is -0.359. The van der Waals surface area contributed by atoms with Crippen LogP contribution in [0.4, 0.5) is 5.82 Å². The molecule has 6 nitrogen and oxygen atoms in total. The van der Waals surface area contributed by atoms with Crippen LogP contribution in [0.5, 0.6) is 5.75 Å². The number of aliphatic hydroxyl groups is 1. The number of pyridine rings is 1. The van der Waals surface area contributed by atoms with Gasteiger partial charge in [-0.1, -0.05) is 24.4 Å². The second-order valence-corrected chi connectivity index (χ2v) is 6.71. The lowest BCUT2D eigenvalue weighted by molar-refractivity contribution is 0.116. The lowest BCUT2D eigenvalue weighted by Gasteiger charge is -2.29. The lowest BCUT2D eigenvalue weighted by Crippen LogP contribution is -2.37. The second-order valence-electron chi connectivity index (χ2n) is 6.27. The smallest absolute Gasteiger partial charge is 0.152 e. The van der Waals surface area contributed by atoms with Gasteiger partial charge in [-0.05, 0) is 37.8 Å². The van der Waals surface area contributed by atoms with Crippen LogP contribution in [-0.2, 0) is 0 Å². The molecule has 1 saturated carbocycles. The van der Waals surface area contributed by atoms with Crippen LogP contribution in [-0.4, -0.2) is 37.5 Å². The Morgan fingerprint density at radius 2 is 1.88 bits per heavy atom. The Labute approximate surface area is 145 Å². The maximum Gasteiger partial charge on any atom is 0.152 e. The van der Waals surface area contributed by atoms with Crippen molar-refractivity contribution in [2.75, 3.05) is 5.32 Å². The van der Waals surface area contributed by atoms with Crippen LogP contribution < -0.4 is 5.32 Å². The first kappa shape index (κ1) is 16.9. The van der Waals surface area contributed by atoms with E-state index in [1.165, 1.54) is 12.3 Å². The maximum atomic E-state index is 10.1. The molecular weight excluding hydrogens is 328 g/mol. The summed E-state index contributed by atoms with van der Waals surface area (Å²) in [5, 5.41) is 32.3. The molecule has 1 aliphatic rings. The Kier molecular flexibility index (Phi) is 4.87. The van der Waals surface area contributed by atoms with Crippen molar-refractivity contribution in [3.05, 3.63) is 28.4 Å². The minimum absolute atomic E-state index is 0.000871. The average molecular weight is 349 g/mol. The third-order valence-electron chi connectivity index (χ3n) is 4.63. The summed E-state index contributed by atoms with van der Waals surface area (Å²) >= 11 is 5.83. The van der Waals surface area contributed by atoms with Gasteiger partial charge in [-0.25, -0.2) is 4.98 Å². The highest BCUT2D eigenvalue weighted by molar-refractivity contribution is 6.30. The van der Waals surface area contributed by atoms with E-state index in [0.29, 0.717) is 22.2 Å². The summed E-state index contributed by atoms with van der Waals surface area (Å²) in [5.74, 6) is 0.637. The van der Waals surface area contributed by atoms with Crippen LogP contribution in [0.2, 0.25) is 5.02 Å². The van der Waals surface area contributed by atoms with Crippen LogP contribution in [0.25, 0.3) is 11.4 Å². The van der Waals surface area contributed by atoms with Crippen LogP contribution in [0, 0.1) is 13.8 Å². The van der Waals surface area contributed by atoms with Gasteiger partial charge in [0.25, 0.3) is 0 Å². The number of aromatic nitrogens is 3. The van der Waals surface area contributed by atoms with Crippen molar-refractivity contribution in [1.82, 2.24) is 15.2 Å². The SMILES string of the molecule is Cc1c(NC2CCCCC2O)nnc(-c2ncc(Cl)cc2O)c1C. The van der Waals surface area contributed by atoms with Crippen molar-refractivity contribution in [3.8, 4) is 17.1 Å². The van der Waals surface area contributed by atoms with Crippen molar-refractivity contribution in [1.29, 1.82) is 0 Å². The van der Waals surface area contributed by atoms with E-state index in [1.54, 1.807) is 0 Å². The first-order valence-electron chi connectivity index (χ1n) is 8.10. The fourth-order valence-corrected chi connectivity index (χ4v) is 3.19. The molecule has 2 heterocycles. The fourth-order valence-electron chi connectivity index (χ4n) is 3.03. The Balaban J connectivity index is 1.91. The Morgan fingerprint density at radius 3 is 2.58 bits per heavy atom.